The summed E-state index contributed by atoms with van der Waals surface area (Å²) >= 11 is 0. The van der Waals surface area contributed by atoms with Crippen molar-refractivity contribution in [3.05, 3.63) is 65.4 Å². The van der Waals surface area contributed by atoms with Gasteiger partial charge in [-0.05, 0) is 44.5 Å². The van der Waals surface area contributed by atoms with Gasteiger partial charge < -0.3 is 22.2 Å². The van der Waals surface area contributed by atoms with Gasteiger partial charge in [-0.2, -0.15) is 0 Å². The molecule has 27 heavy (non-hydrogen) atoms. The molecule has 0 aliphatic rings. The largest absolute Gasteiger partial charge is 0.398 e. The summed E-state index contributed by atoms with van der Waals surface area (Å²) in [6, 6.07) is 4.59. The van der Waals surface area contributed by atoms with Crippen molar-refractivity contribution in [1.29, 1.82) is 5.41 Å². The maximum absolute atomic E-state index is 12.3. The minimum atomic E-state index is -0.577. The smallest absolute Gasteiger partial charge is 0.248 e. The van der Waals surface area contributed by atoms with Crippen LogP contribution in [0.3, 0.4) is 0 Å². The Labute approximate surface area is 160 Å². The normalized spacial score (nSPS) is 12.6. The number of amides is 2. The van der Waals surface area contributed by atoms with Crippen molar-refractivity contribution in [2.45, 2.75) is 33.6 Å². The van der Waals surface area contributed by atoms with Crippen LogP contribution in [0.25, 0.3) is 0 Å². The number of carbonyl (C=O) groups is 2. The first-order chi connectivity index (χ1) is 12.7. The number of benzene rings is 1. The lowest BCUT2D eigenvalue weighted by Crippen LogP contribution is -2.29. The molecule has 6 heteroatoms. The molecule has 0 spiro atoms. The van der Waals surface area contributed by atoms with Crippen LogP contribution in [0.15, 0.2) is 54.3 Å². The molecule has 1 rings (SSSR count). The SMILES string of the molecule is C=C(CC)C(C)C(=O)NC(/C=C\C)=C/CC(=N)c1cc(C(N)=O)ccc1N. The van der Waals surface area contributed by atoms with E-state index < -0.39 is 5.91 Å². The number of primary amides is 1. The molecule has 144 valence electrons. The average molecular weight is 368 g/mol. The summed E-state index contributed by atoms with van der Waals surface area (Å²) in [5.74, 6) is -1.02. The van der Waals surface area contributed by atoms with Crippen LogP contribution in [0.2, 0.25) is 0 Å². The summed E-state index contributed by atoms with van der Waals surface area (Å²) in [5, 5.41) is 11.1. The molecule has 6 N–H and O–H groups in total. The maximum atomic E-state index is 12.3. The summed E-state index contributed by atoms with van der Waals surface area (Å²) < 4.78 is 0. The zero-order chi connectivity index (χ0) is 20.6. The number of nitrogen functional groups attached to an aromatic ring is 1. The maximum Gasteiger partial charge on any atom is 0.248 e. The number of allylic oxidation sites excluding steroid dienone is 3. The number of hydrogen-bond acceptors (Lipinski definition) is 4. The van der Waals surface area contributed by atoms with E-state index in [1.54, 1.807) is 24.3 Å². The summed E-state index contributed by atoms with van der Waals surface area (Å²) in [6.07, 6.45) is 6.26. The van der Waals surface area contributed by atoms with Crippen LogP contribution >= 0.6 is 0 Å². The molecule has 6 nitrogen and oxygen atoms in total. The molecule has 1 aromatic carbocycles. The van der Waals surface area contributed by atoms with E-state index >= 15 is 0 Å². The van der Waals surface area contributed by atoms with Crippen LogP contribution < -0.4 is 16.8 Å². The summed E-state index contributed by atoms with van der Waals surface area (Å²) in [5.41, 5.74) is 14.0. The first-order valence-corrected chi connectivity index (χ1v) is 8.79. The Balaban J connectivity index is 2.97. The second kappa shape index (κ2) is 10.1. The molecule has 0 aromatic heterocycles. The van der Waals surface area contributed by atoms with Gasteiger partial charge in [0.05, 0.1) is 5.92 Å². The number of rotatable bonds is 9. The Morgan fingerprint density at radius 1 is 1.37 bits per heavy atom. The second-order valence-electron chi connectivity index (χ2n) is 6.23. The van der Waals surface area contributed by atoms with Gasteiger partial charge in [0, 0.05) is 34.6 Å². The Morgan fingerprint density at radius 2 is 2.04 bits per heavy atom. The Bertz CT molecular complexity index is 806. The highest BCUT2D eigenvalue weighted by atomic mass is 16.2. The van der Waals surface area contributed by atoms with E-state index in [4.69, 9.17) is 16.9 Å². The van der Waals surface area contributed by atoms with Crippen molar-refractivity contribution in [2.75, 3.05) is 5.73 Å². The number of nitrogens with two attached hydrogens (primary N) is 2. The first-order valence-electron chi connectivity index (χ1n) is 8.79. The standard InChI is InChI=1S/C21H28N4O2/c1-5-7-16(25-21(27)14(4)13(3)6-2)9-11-19(23)17-12-15(20(24)26)8-10-18(17)22/h5,7-10,12,14,23H,3,6,11,22H2,1-2,4H3,(H2,24,26)(H,25,27)/b7-5-,16-9+,23-19?. The fourth-order valence-electron chi connectivity index (χ4n) is 2.38. The minimum Gasteiger partial charge on any atom is -0.398 e. The Hall–Kier alpha value is -3.15. The highest BCUT2D eigenvalue weighted by Gasteiger charge is 2.15. The fraction of sp³-hybridized carbons (Fsp3) is 0.286. The van der Waals surface area contributed by atoms with Crippen molar-refractivity contribution in [3.63, 3.8) is 0 Å². The number of nitrogens with one attached hydrogen (secondary N) is 2. The molecule has 0 saturated carbocycles. The molecule has 0 heterocycles. The third kappa shape index (κ3) is 6.26. The lowest BCUT2D eigenvalue weighted by Gasteiger charge is -2.14. The van der Waals surface area contributed by atoms with E-state index in [9.17, 15) is 9.59 Å². The molecule has 1 aromatic rings. The van der Waals surface area contributed by atoms with Crippen molar-refractivity contribution in [1.82, 2.24) is 5.32 Å². The van der Waals surface area contributed by atoms with Gasteiger partial charge in [0.25, 0.3) is 0 Å². The van der Waals surface area contributed by atoms with Crippen LogP contribution in [0.5, 0.6) is 0 Å². The number of carbonyl (C=O) groups excluding carboxylic acids is 2. The highest BCUT2D eigenvalue weighted by Crippen LogP contribution is 2.17. The van der Waals surface area contributed by atoms with Gasteiger partial charge in [-0.15, -0.1) is 0 Å². The van der Waals surface area contributed by atoms with Crippen LogP contribution in [-0.2, 0) is 4.79 Å². The van der Waals surface area contributed by atoms with Gasteiger partial charge in [0.2, 0.25) is 11.8 Å². The van der Waals surface area contributed by atoms with Crippen LogP contribution in [0, 0.1) is 11.3 Å². The zero-order valence-electron chi connectivity index (χ0n) is 16.1. The molecule has 1 atom stereocenters. The Kier molecular flexibility index (Phi) is 8.20. The minimum absolute atomic E-state index is 0.145. The summed E-state index contributed by atoms with van der Waals surface area (Å²) in [7, 11) is 0. The molecule has 0 saturated heterocycles. The molecule has 0 radical (unpaired) electrons. The number of hydrogen-bond donors (Lipinski definition) is 4. The number of anilines is 1. The monoisotopic (exact) mass is 368 g/mol. The molecule has 0 bridgehead atoms. The predicted octanol–water partition coefficient (Wildman–Crippen LogP) is 3.30. The highest BCUT2D eigenvalue weighted by molar-refractivity contribution is 6.05. The third-order valence-corrected chi connectivity index (χ3v) is 4.26. The quantitative estimate of drug-likeness (QED) is 0.231. The van der Waals surface area contributed by atoms with Crippen molar-refractivity contribution in [3.8, 4) is 0 Å². The van der Waals surface area contributed by atoms with Gasteiger partial charge in [-0.25, -0.2) is 0 Å². The van der Waals surface area contributed by atoms with Crippen molar-refractivity contribution >= 4 is 23.2 Å². The van der Waals surface area contributed by atoms with E-state index in [1.165, 1.54) is 12.1 Å². The van der Waals surface area contributed by atoms with E-state index in [0.29, 0.717) is 22.5 Å². The van der Waals surface area contributed by atoms with Crippen LogP contribution in [0.4, 0.5) is 5.69 Å². The predicted molar refractivity (Wildman–Crippen MR) is 110 cm³/mol. The molecule has 2 amide bonds. The van der Waals surface area contributed by atoms with E-state index in [2.05, 4.69) is 11.9 Å². The lowest BCUT2D eigenvalue weighted by atomic mass is 9.99. The zero-order valence-corrected chi connectivity index (χ0v) is 16.1. The van der Waals surface area contributed by atoms with E-state index in [-0.39, 0.29) is 24.0 Å². The molecule has 0 aliphatic carbocycles. The fourth-order valence-corrected chi connectivity index (χ4v) is 2.38. The van der Waals surface area contributed by atoms with Gasteiger partial charge >= 0.3 is 0 Å². The van der Waals surface area contributed by atoms with Gasteiger partial charge in [0.15, 0.2) is 0 Å². The molecular weight excluding hydrogens is 340 g/mol. The van der Waals surface area contributed by atoms with Gasteiger partial charge in [-0.1, -0.05) is 31.2 Å². The van der Waals surface area contributed by atoms with Crippen molar-refractivity contribution in [2.24, 2.45) is 11.7 Å². The topological polar surface area (TPSA) is 122 Å². The average Bonchev–Trinajstić information content (AvgIpc) is 2.64. The Morgan fingerprint density at radius 3 is 2.59 bits per heavy atom. The first kappa shape index (κ1) is 21.9. The van der Waals surface area contributed by atoms with E-state index in [0.717, 1.165) is 12.0 Å². The third-order valence-electron chi connectivity index (χ3n) is 4.26. The molecular formula is C21H28N4O2. The van der Waals surface area contributed by atoms with E-state index in [1.807, 2.05) is 20.8 Å². The van der Waals surface area contributed by atoms with Crippen LogP contribution in [0.1, 0.15) is 49.5 Å². The second-order valence-corrected chi connectivity index (χ2v) is 6.23. The molecule has 0 aliphatic heterocycles. The van der Waals surface area contributed by atoms with Gasteiger partial charge in [0.1, 0.15) is 0 Å². The molecule has 0 fully saturated rings. The summed E-state index contributed by atoms with van der Waals surface area (Å²) in [6.45, 7) is 9.52. The molecule has 1 unspecified atom stereocenters. The van der Waals surface area contributed by atoms with Crippen LogP contribution in [-0.4, -0.2) is 17.5 Å². The van der Waals surface area contributed by atoms with Gasteiger partial charge in [-0.3, -0.25) is 9.59 Å². The lowest BCUT2D eigenvalue weighted by molar-refractivity contribution is -0.122. The summed E-state index contributed by atoms with van der Waals surface area (Å²) in [4.78, 5) is 23.7. The van der Waals surface area contributed by atoms with Crippen molar-refractivity contribution < 1.29 is 9.59 Å².